The van der Waals surface area contributed by atoms with Gasteiger partial charge in [0.2, 0.25) is 0 Å². The Labute approximate surface area is 107 Å². The van der Waals surface area contributed by atoms with Gasteiger partial charge in [0.05, 0.1) is 13.2 Å². The molecule has 5 heteroatoms. The Balaban J connectivity index is 2.43. The molecule has 0 bridgehead atoms. The second-order valence-electron chi connectivity index (χ2n) is 4.17. The first-order valence-electron chi connectivity index (χ1n) is 5.09. The molecule has 1 saturated heterocycles. The molecule has 0 radical (unpaired) electrons. The van der Waals surface area contributed by atoms with Crippen molar-refractivity contribution in [1.29, 1.82) is 0 Å². The summed E-state index contributed by atoms with van der Waals surface area (Å²) in [5.74, 6) is -1.50. The Morgan fingerprint density at radius 1 is 1.41 bits per heavy atom. The molecule has 0 aliphatic carbocycles. The number of hydrogen-bond donors (Lipinski definition) is 1. The van der Waals surface area contributed by atoms with Gasteiger partial charge >= 0.3 is 5.97 Å². The average molecular weight is 299 g/mol. The fraction of sp³-hybridized carbons (Fsp3) is 0.333. The molecule has 1 aliphatic rings. The van der Waals surface area contributed by atoms with Gasteiger partial charge in [-0.3, -0.25) is 9.59 Å². The molecule has 0 unspecified atom stereocenters. The summed E-state index contributed by atoms with van der Waals surface area (Å²) in [5, 5.41) is 9.16. The van der Waals surface area contributed by atoms with E-state index in [1.807, 2.05) is 6.07 Å². The van der Waals surface area contributed by atoms with E-state index in [1.54, 1.807) is 19.1 Å². The standard InChI is InChI=1S/C12H11BrO4/c1-7-2-3-8(13)4-9(7)10(14)12(11(15)16)5-17-6-12/h2-4H,5-6H2,1H3,(H,15,16). The van der Waals surface area contributed by atoms with E-state index in [9.17, 15) is 9.59 Å². The van der Waals surface area contributed by atoms with Crippen molar-refractivity contribution in [3.8, 4) is 0 Å². The van der Waals surface area contributed by atoms with Crippen molar-refractivity contribution in [1.82, 2.24) is 0 Å². The molecule has 0 atom stereocenters. The summed E-state index contributed by atoms with van der Waals surface area (Å²) < 4.78 is 5.66. The van der Waals surface area contributed by atoms with Gasteiger partial charge in [0.15, 0.2) is 11.2 Å². The molecule has 0 aromatic heterocycles. The van der Waals surface area contributed by atoms with Crippen LogP contribution in [0.4, 0.5) is 0 Å². The number of carboxylic acid groups (broad SMARTS) is 1. The lowest BCUT2D eigenvalue weighted by molar-refractivity contribution is -0.169. The van der Waals surface area contributed by atoms with Crippen molar-refractivity contribution in [3.63, 3.8) is 0 Å². The van der Waals surface area contributed by atoms with E-state index in [0.29, 0.717) is 5.56 Å². The summed E-state index contributed by atoms with van der Waals surface area (Å²) in [6, 6.07) is 5.25. The van der Waals surface area contributed by atoms with Crippen LogP contribution in [0, 0.1) is 12.3 Å². The molecule has 0 saturated carbocycles. The highest BCUT2D eigenvalue weighted by Gasteiger charge is 2.53. The Morgan fingerprint density at radius 2 is 2.06 bits per heavy atom. The number of aliphatic carboxylic acids is 1. The van der Waals surface area contributed by atoms with Crippen LogP contribution in [-0.4, -0.2) is 30.1 Å². The highest BCUT2D eigenvalue weighted by atomic mass is 79.9. The van der Waals surface area contributed by atoms with E-state index in [0.717, 1.165) is 10.0 Å². The largest absolute Gasteiger partial charge is 0.480 e. The smallest absolute Gasteiger partial charge is 0.322 e. The first-order valence-corrected chi connectivity index (χ1v) is 5.89. The third-order valence-electron chi connectivity index (χ3n) is 2.99. The maximum atomic E-state index is 12.3. The number of rotatable bonds is 3. The Kier molecular flexibility index (Phi) is 3.05. The number of carbonyl (C=O) groups excluding carboxylic acids is 1. The minimum atomic E-state index is -1.40. The molecule has 2 rings (SSSR count). The molecular formula is C12H11BrO4. The van der Waals surface area contributed by atoms with E-state index < -0.39 is 11.4 Å². The van der Waals surface area contributed by atoms with Crippen LogP contribution >= 0.6 is 15.9 Å². The van der Waals surface area contributed by atoms with Crippen LogP contribution in [0.2, 0.25) is 0 Å². The van der Waals surface area contributed by atoms with Gasteiger partial charge in [0.1, 0.15) is 0 Å². The monoisotopic (exact) mass is 298 g/mol. The SMILES string of the molecule is Cc1ccc(Br)cc1C(=O)C1(C(=O)O)COC1. The number of hydrogen-bond acceptors (Lipinski definition) is 3. The maximum absolute atomic E-state index is 12.3. The molecule has 1 aliphatic heterocycles. The second-order valence-corrected chi connectivity index (χ2v) is 5.08. The summed E-state index contributed by atoms with van der Waals surface area (Å²) in [7, 11) is 0. The number of ketones is 1. The minimum Gasteiger partial charge on any atom is -0.480 e. The summed E-state index contributed by atoms with van der Waals surface area (Å²) >= 11 is 3.28. The van der Waals surface area contributed by atoms with Crippen molar-refractivity contribution in [2.45, 2.75) is 6.92 Å². The molecule has 1 fully saturated rings. The maximum Gasteiger partial charge on any atom is 0.322 e. The molecule has 0 amide bonds. The third-order valence-corrected chi connectivity index (χ3v) is 3.48. The van der Waals surface area contributed by atoms with Crippen LogP contribution in [-0.2, 0) is 9.53 Å². The van der Waals surface area contributed by atoms with E-state index in [4.69, 9.17) is 9.84 Å². The lowest BCUT2D eigenvalue weighted by atomic mass is 9.77. The highest BCUT2D eigenvalue weighted by molar-refractivity contribution is 9.10. The number of carboxylic acids is 1. The van der Waals surface area contributed by atoms with Crippen molar-refractivity contribution in [3.05, 3.63) is 33.8 Å². The molecule has 90 valence electrons. The second kappa shape index (κ2) is 4.23. The highest BCUT2D eigenvalue weighted by Crippen LogP contribution is 2.33. The predicted molar refractivity (Wildman–Crippen MR) is 64.1 cm³/mol. The van der Waals surface area contributed by atoms with E-state index in [1.165, 1.54) is 0 Å². The lowest BCUT2D eigenvalue weighted by Crippen LogP contribution is -2.55. The van der Waals surface area contributed by atoms with Crippen molar-refractivity contribution >= 4 is 27.7 Å². The van der Waals surface area contributed by atoms with Crippen LogP contribution in [0.25, 0.3) is 0 Å². The molecule has 17 heavy (non-hydrogen) atoms. The Hall–Kier alpha value is -1.20. The summed E-state index contributed by atoms with van der Waals surface area (Å²) in [6.07, 6.45) is 0. The first-order chi connectivity index (χ1) is 7.97. The van der Waals surface area contributed by atoms with Gasteiger partial charge in [0, 0.05) is 10.0 Å². The number of benzene rings is 1. The zero-order valence-corrected chi connectivity index (χ0v) is 10.8. The third kappa shape index (κ3) is 1.89. The lowest BCUT2D eigenvalue weighted by Gasteiger charge is -2.36. The predicted octanol–water partition coefficient (Wildman–Crippen LogP) is 2.04. The Morgan fingerprint density at radius 3 is 2.53 bits per heavy atom. The quantitative estimate of drug-likeness (QED) is 0.685. The molecular weight excluding hydrogens is 288 g/mol. The van der Waals surface area contributed by atoms with E-state index >= 15 is 0 Å². The van der Waals surface area contributed by atoms with Gasteiger partial charge in [-0.1, -0.05) is 22.0 Å². The number of aryl methyl sites for hydroxylation is 1. The molecule has 4 nitrogen and oxygen atoms in total. The summed E-state index contributed by atoms with van der Waals surface area (Å²) in [4.78, 5) is 23.5. The molecule has 0 spiro atoms. The van der Waals surface area contributed by atoms with Crippen LogP contribution in [0.5, 0.6) is 0 Å². The molecule has 1 heterocycles. The fourth-order valence-corrected chi connectivity index (χ4v) is 2.12. The van der Waals surface area contributed by atoms with Gasteiger partial charge in [-0.2, -0.15) is 0 Å². The van der Waals surface area contributed by atoms with Crippen LogP contribution in [0.15, 0.2) is 22.7 Å². The zero-order chi connectivity index (χ0) is 12.6. The normalized spacial score (nSPS) is 17.3. The summed E-state index contributed by atoms with van der Waals surface area (Å²) in [5.41, 5.74) is -0.193. The molecule has 1 aromatic rings. The summed E-state index contributed by atoms with van der Waals surface area (Å²) in [6.45, 7) is 1.69. The van der Waals surface area contributed by atoms with E-state index in [2.05, 4.69) is 15.9 Å². The zero-order valence-electron chi connectivity index (χ0n) is 9.20. The number of carbonyl (C=O) groups is 2. The van der Waals surface area contributed by atoms with Crippen molar-refractivity contribution in [2.75, 3.05) is 13.2 Å². The van der Waals surface area contributed by atoms with Gasteiger partial charge in [-0.15, -0.1) is 0 Å². The Bertz CT molecular complexity index is 491. The van der Waals surface area contributed by atoms with Crippen molar-refractivity contribution < 1.29 is 19.4 Å². The number of Topliss-reactive ketones (excluding diaryl/α,β-unsaturated/α-hetero) is 1. The van der Waals surface area contributed by atoms with Gasteiger partial charge in [0.25, 0.3) is 0 Å². The van der Waals surface area contributed by atoms with Crippen LogP contribution in [0.3, 0.4) is 0 Å². The van der Waals surface area contributed by atoms with Crippen molar-refractivity contribution in [2.24, 2.45) is 5.41 Å². The molecule has 1 aromatic carbocycles. The van der Waals surface area contributed by atoms with E-state index in [-0.39, 0.29) is 19.0 Å². The minimum absolute atomic E-state index is 0.0485. The average Bonchev–Trinajstić information content (AvgIpc) is 2.19. The van der Waals surface area contributed by atoms with Gasteiger partial charge in [-0.05, 0) is 24.6 Å². The van der Waals surface area contributed by atoms with Crippen LogP contribution < -0.4 is 0 Å². The topological polar surface area (TPSA) is 63.6 Å². The van der Waals surface area contributed by atoms with Crippen LogP contribution in [0.1, 0.15) is 15.9 Å². The number of ether oxygens (including phenoxy) is 1. The first kappa shape index (κ1) is 12.3. The fourth-order valence-electron chi connectivity index (χ4n) is 1.75. The van der Waals surface area contributed by atoms with Gasteiger partial charge < -0.3 is 9.84 Å². The van der Waals surface area contributed by atoms with Gasteiger partial charge in [-0.25, -0.2) is 0 Å². The number of halogens is 1. The molecule has 1 N–H and O–H groups in total.